The predicted octanol–water partition coefficient (Wildman–Crippen LogP) is 2.95. The van der Waals surface area contributed by atoms with Crippen molar-refractivity contribution in [3.8, 4) is 0 Å². The monoisotopic (exact) mass is 231 g/mol. The van der Waals surface area contributed by atoms with Crippen LogP contribution in [0, 0.1) is 5.92 Å². The zero-order valence-corrected chi connectivity index (χ0v) is 11.1. The van der Waals surface area contributed by atoms with Gasteiger partial charge in [-0.05, 0) is 26.7 Å². The lowest BCUT2D eigenvalue weighted by atomic mass is 10.2. The van der Waals surface area contributed by atoms with Gasteiger partial charge in [0.25, 0.3) is 0 Å². The fourth-order valence-corrected chi connectivity index (χ4v) is 2.86. The summed E-state index contributed by atoms with van der Waals surface area (Å²) in [6.45, 7) is 10.8. The summed E-state index contributed by atoms with van der Waals surface area (Å²) in [6.07, 6.45) is -0.175. The van der Waals surface area contributed by atoms with Crippen LogP contribution in [0.1, 0.15) is 34.6 Å². The largest absolute Gasteiger partial charge is 0.444 e. The van der Waals surface area contributed by atoms with Crippen molar-refractivity contribution in [2.24, 2.45) is 5.92 Å². The third-order valence-electron chi connectivity index (χ3n) is 2.13. The first-order valence-electron chi connectivity index (χ1n) is 5.42. The molecular formula is C11H21NO2S. The number of nitrogens with zero attached hydrogens (tertiary/aromatic N) is 1. The van der Waals surface area contributed by atoms with E-state index < -0.39 is 5.60 Å². The van der Waals surface area contributed by atoms with Crippen molar-refractivity contribution >= 4 is 17.9 Å². The molecule has 1 rings (SSSR count). The highest BCUT2D eigenvalue weighted by Gasteiger charge is 2.34. The SMILES string of the molecule is CC(C)C1SCCN1C(=O)OC(C)(C)C. The maximum absolute atomic E-state index is 11.9. The minimum Gasteiger partial charge on any atom is -0.444 e. The maximum Gasteiger partial charge on any atom is 0.411 e. The van der Waals surface area contributed by atoms with Gasteiger partial charge in [-0.3, -0.25) is 4.90 Å². The number of amides is 1. The fourth-order valence-electron chi connectivity index (χ4n) is 1.56. The lowest BCUT2D eigenvalue weighted by Gasteiger charge is -2.29. The van der Waals surface area contributed by atoms with Crippen LogP contribution >= 0.6 is 11.8 Å². The van der Waals surface area contributed by atoms with Gasteiger partial charge in [-0.25, -0.2) is 4.79 Å². The lowest BCUT2D eigenvalue weighted by molar-refractivity contribution is 0.0229. The molecule has 1 unspecified atom stereocenters. The fraction of sp³-hybridized carbons (Fsp3) is 0.909. The Hall–Kier alpha value is -0.380. The molecule has 0 aliphatic carbocycles. The Labute approximate surface area is 96.5 Å². The summed E-state index contributed by atoms with van der Waals surface area (Å²) >= 11 is 1.84. The molecule has 1 atom stereocenters. The average Bonchev–Trinajstić information content (AvgIpc) is 2.47. The maximum atomic E-state index is 11.9. The number of hydrogen-bond acceptors (Lipinski definition) is 3. The van der Waals surface area contributed by atoms with E-state index in [0.717, 1.165) is 12.3 Å². The van der Waals surface area contributed by atoms with Crippen molar-refractivity contribution < 1.29 is 9.53 Å². The molecule has 88 valence electrons. The minimum absolute atomic E-state index is 0.175. The topological polar surface area (TPSA) is 29.5 Å². The number of hydrogen-bond donors (Lipinski definition) is 0. The van der Waals surface area contributed by atoms with Gasteiger partial charge in [0, 0.05) is 12.3 Å². The van der Waals surface area contributed by atoms with E-state index in [4.69, 9.17) is 4.74 Å². The van der Waals surface area contributed by atoms with Gasteiger partial charge in [-0.1, -0.05) is 13.8 Å². The van der Waals surface area contributed by atoms with Gasteiger partial charge in [0.05, 0.1) is 5.37 Å². The summed E-state index contributed by atoms with van der Waals surface area (Å²) in [5.74, 6) is 1.49. The molecule has 1 aliphatic heterocycles. The van der Waals surface area contributed by atoms with Crippen molar-refractivity contribution in [1.82, 2.24) is 4.90 Å². The van der Waals surface area contributed by atoms with Gasteiger partial charge < -0.3 is 4.74 Å². The third-order valence-corrected chi connectivity index (χ3v) is 3.68. The van der Waals surface area contributed by atoms with E-state index in [1.807, 2.05) is 37.4 Å². The van der Waals surface area contributed by atoms with Crippen LogP contribution in [0.5, 0.6) is 0 Å². The van der Waals surface area contributed by atoms with Crippen LogP contribution in [-0.4, -0.2) is 34.3 Å². The molecule has 15 heavy (non-hydrogen) atoms. The van der Waals surface area contributed by atoms with Gasteiger partial charge in [0.15, 0.2) is 0 Å². The van der Waals surface area contributed by atoms with Crippen molar-refractivity contribution in [3.63, 3.8) is 0 Å². The highest BCUT2D eigenvalue weighted by molar-refractivity contribution is 8.00. The standard InChI is InChI=1S/C11H21NO2S/c1-8(2)9-12(6-7-15-9)10(13)14-11(3,4)5/h8-9H,6-7H2,1-5H3. The molecule has 0 N–H and O–H groups in total. The summed E-state index contributed by atoms with van der Waals surface area (Å²) in [5, 5.41) is 0.278. The van der Waals surface area contributed by atoms with Crippen molar-refractivity contribution in [3.05, 3.63) is 0 Å². The molecule has 0 spiro atoms. The van der Waals surface area contributed by atoms with Crippen LogP contribution in [0.25, 0.3) is 0 Å². The third kappa shape index (κ3) is 3.59. The van der Waals surface area contributed by atoms with Crippen LogP contribution < -0.4 is 0 Å². The van der Waals surface area contributed by atoms with E-state index >= 15 is 0 Å². The van der Waals surface area contributed by atoms with Gasteiger partial charge in [0.2, 0.25) is 0 Å². The second-order valence-electron chi connectivity index (χ2n) is 5.18. The summed E-state index contributed by atoms with van der Waals surface area (Å²) in [7, 11) is 0. The number of rotatable bonds is 1. The molecule has 1 heterocycles. The molecule has 1 fully saturated rings. The molecule has 0 aromatic carbocycles. The predicted molar refractivity (Wildman–Crippen MR) is 64.0 cm³/mol. The summed E-state index contributed by atoms with van der Waals surface area (Å²) in [4.78, 5) is 13.7. The molecular weight excluding hydrogens is 210 g/mol. The van der Waals surface area contributed by atoms with Crippen molar-refractivity contribution in [2.75, 3.05) is 12.3 Å². The second kappa shape index (κ2) is 4.64. The quantitative estimate of drug-likeness (QED) is 0.695. The highest BCUT2D eigenvalue weighted by atomic mass is 32.2. The average molecular weight is 231 g/mol. The number of ether oxygens (including phenoxy) is 1. The number of thioether (sulfide) groups is 1. The molecule has 0 bridgehead atoms. The molecule has 4 heteroatoms. The van der Waals surface area contributed by atoms with Crippen LogP contribution in [0.3, 0.4) is 0 Å². The van der Waals surface area contributed by atoms with E-state index in [1.165, 1.54) is 0 Å². The first kappa shape index (κ1) is 12.7. The number of carbonyl (C=O) groups excluding carboxylic acids is 1. The van der Waals surface area contributed by atoms with Crippen LogP contribution in [0.2, 0.25) is 0 Å². The van der Waals surface area contributed by atoms with E-state index in [2.05, 4.69) is 13.8 Å². The van der Waals surface area contributed by atoms with E-state index in [0.29, 0.717) is 5.92 Å². The first-order valence-corrected chi connectivity index (χ1v) is 6.47. The van der Waals surface area contributed by atoms with Gasteiger partial charge >= 0.3 is 6.09 Å². The Morgan fingerprint density at radius 2 is 2.07 bits per heavy atom. The smallest absolute Gasteiger partial charge is 0.411 e. The van der Waals surface area contributed by atoms with Gasteiger partial charge in [0.1, 0.15) is 5.60 Å². The van der Waals surface area contributed by atoms with Crippen LogP contribution in [0.15, 0.2) is 0 Å². The normalized spacial score (nSPS) is 22.3. The van der Waals surface area contributed by atoms with E-state index in [9.17, 15) is 4.79 Å². The Balaban J connectivity index is 2.59. The van der Waals surface area contributed by atoms with Gasteiger partial charge in [-0.2, -0.15) is 0 Å². The van der Waals surface area contributed by atoms with E-state index in [-0.39, 0.29) is 11.5 Å². The summed E-state index contributed by atoms with van der Waals surface area (Å²) < 4.78 is 5.38. The summed E-state index contributed by atoms with van der Waals surface area (Å²) in [6, 6.07) is 0. The van der Waals surface area contributed by atoms with Crippen molar-refractivity contribution in [1.29, 1.82) is 0 Å². The Morgan fingerprint density at radius 1 is 1.47 bits per heavy atom. The first-order chi connectivity index (χ1) is 6.81. The highest BCUT2D eigenvalue weighted by Crippen LogP contribution is 2.30. The lowest BCUT2D eigenvalue weighted by Crippen LogP contribution is -2.41. The zero-order chi connectivity index (χ0) is 11.6. The second-order valence-corrected chi connectivity index (χ2v) is 6.40. The molecule has 1 saturated heterocycles. The molecule has 1 amide bonds. The van der Waals surface area contributed by atoms with Crippen LogP contribution in [-0.2, 0) is 4.74 Å². The molecule has 0 saturated carbocycles. The van der Waals surface area contributed by atoms with Crippen LogP contribution in [0.4, 0.5) is 4.79 Å². The Morgan fingerprint density at radius 3 is 2.53 bits per heavy atom. The minimum atomic E-state index is -0.397. The molecule has 1 aliphatic rings. The Bertz CT molecular complexity index is 235. The molecule has 3 nitrogen and oxygen atoms in total. The van der Waals surface area contributed by atoms with Gasteiger partial charge in [-0.15, -0.1) is 11.8 Å². The zero-order valence-electron chi connectivity index (χ0n) is 10.2. The number of carbonyl (C=O) groups is 1. The molecule has 0 aromatic heterocycles. The summed E-state index contributed by atoms with van der Waals surface area (Å²) in [5.41, 5.74) is -0.397. The molecule has 0 radical (unpaired) electrons. The Kier molecular flexibility index (Phi) is 3.93. The van der Waals surface area contributed by atoms with Crippen molar-refractivity contribution in [2.45, 2.75) is 45.6 Å². The van der Waals surface area contributed by atoms with E-state index in [1.54, 1.807) is 0 Å². The molecule has 0 aromatic rings.